The van der Waals surface area contributed by atoms with E-state index in [1.807, 2.05) is 42.4 Å². The topological polar surface area (TPSA) is 38.1 Å². The maximum absolute atomic E-state index is 12.6. The van der Waals surface area contributed by atoms with Crippen molar-refractivity contribution in [2.75, 3.05) is 13.1 Å². The van der Waals surface area contributed by atoms with E-state index in [1.165, 1.54) is 0 Å². The van der Waals surface area contributed by atoms with Crippen molar-refractivity contribution >= 4 is 21.8 Å². The highest BCUT2D eigenvalue weighted by Gasteiger charge is 2.32. The van der Waals surface area contributed by atoms with Gasteiger partial charge in [-0.05, 0) is 24.6 Å². The summed E-state index contributed by atoms with van der Waals surface area (Å²) in [7, 11) is 0. The first kappa shape index (κ1) is 16.2. The summed E-state index contributed by atoms with van der Waals surface area (Å²) in [6, 6.07) is 5.87. The highest BCUT2D eigenvalue weighted by molar-refractivity contribution is 9.10. The van der Waals surface area contributed by atoms with E-state index in [4.69, 9.17) is 0 Å². The van der Waals surface area contributed by atoms with Crippen molar-refractivity contribution < 1.29 is 4.79 Å². The summed E-state index contributed by atoms with van der Waals surface area (Å²) >= 11 is 3.45. The number of amides is 1. The first-order chi connectivity index (χ1) is 11.0. The second-order valence-electron chi connectivity index (χ2n) is 6.63. The van der Waals surface area contributed by atoms with Gasteiger partial charge >= 0.3 is 0 Å². The molecule has 0 radical (unpaired) electrons. The Labute approximate surface area is 145 Å². The quantitative estimate of drug-likeness (QED) is 0.813. The molecule has 2 aromatic rings. The summed E-state index contributed by atoms with van der Waals surface area (Å²) in [4.78, 5) is 19.0. The molecule has 0 unspecified atom stereocenters. The van der Waals surface area contributed by atoms with Crippen molar-refractivity contribution in [1.29, 1.82) is 0 Å². The Morgan fingerprint density at radius 1 is 1.39 bits per heavy atom. The maximum atomic E-state index is 12.6. The molecule has 1 aliphatic rings. The van der Waals surface area contributed by atoms with E-state index in [9.17, 15) is 4.79 Å². The maximum Gasteiger partial charge on any atom is 0.254 e. The Morgan fingerprint density at radius 2 is 2.13 bits per heavy atom. The lowest BCUT2D eigenvalue weighted by atomic mass is 9.97. The first-order valence-electron chi connectivity index (χ1n) is 8.02. The summed E-state index contributed by atoms with van der Waals surface area (Å²) in [5, 5.41) is 0. The summed E-state index contributed by atoms with van der Waals surface area (Å²) in [6.07, 6.45) is 3.90. The average molecular weight is 376 g/mol. The van der Waals surface area contributed by atoms with E-state index >= 15 is 0 Å². The van der Waals surface area contributed by atoms with Crippen LogP contribution in [0.15, 0.2) is 35.1 Å². The average Bonchev–Trinajstić information content (AvgIpc) is 2.92. The molecule has 1 aliphatic heterocycles. The van der Waals surface area contributed by atoms with E-state index in [1.54, 1.807) is 0 Å². The van der Waals surface area contributed by atoms with Crippen molar-refractivity contribution in [3.63, 3.8) is 0 Å². The molecule has 1 fully saturated rings. The summed E-state index contributed by atoms with van der Waals surface area (Å²) in [5.74, 6) is 2.19. The van der Waals surface area contributed by atoms with Crippen LogP contribution < -0.4 is 0 Å². The van der Waals surface area contributed by atoms with Crippen molar-refractivity contribution in [2.24, 2.45) is 5.92 Å². The molecule has 0 saturated carbocycles. The molecule has 3 rings (SSSR count). The molecular formula is C18H22BrN3O. The zero-order valence-corrected chi connectivity index (χ0v) is 15.4. The Balaban J connectivity index is 1.61. The molecule has 23 heavy (non-hydrogen) atoms. The van der Waals surface area contributed by atoms with Gasteiger partial charge in [0.2, 0.25) is 0 Å². The molecule has 0 spiro atoms. The molecule has 1 aromatic heterocycles. The molecule has 0 aliphatic carbocycles. The lowest BCUT2D eigenvalue weighted by Crippen LogP contribution is -2.51. The van der Waals surface area contributed by atoms with Crippen LogP contribution in [0, 0.1) is 12.8 Å². The van der Waals surface area contributed by atoms with Gasteiger partial charge in [0.1, 0.15) is 5.82 Å². The standard InChI is InChI=1S/C18H22BrN3O/c1-12(2)17-20-6-7-21(17)9-14-10-22(11-14)18(23)16-8-15(19)5-4-13(16)3/h4-8,12,14H,9-11H2,1-3H3. The number of aryl methyl sites for hydroxylation is 1. The molecule has 1 saturated heterocycles. The first-order valence-corrected chi connectivity index (χ1v) is 8.81. The van der Waals surface area contributed by atoms with Crippen molar-refractivity contribution in [1.82, 2.24) is 14.5 Å². The number of carbonyl (C=O) groups is 1. The van der Waals surface area contributed by atoms with Gasteiger partial charge in [-0.2, -0.15) is 0 Å². The monoisotopic (exact) mass is 375 g/mol. The van der Waals surface area contributed by atoms with Crippen LogP contribution >= 0.6 is 15.9 Å². The fourth-order valence-electron chi connectivity index (χ4n) is 3.10. The van der Waals surface area contributed by atoms with E-state index in [0.717, 1.165) is 41.1 Å². The van der Waals surface area contributed by atoms with Gasteiger partial charge < -0.3 is 9.47 Å². The van der Waals surface area contributed by atoms with Gasteiger partial charge in [-0.15, -0.1) is 0 Å². The minimum absolute atomic E-state index is 0.134. The number of nitrogens with zero attached hydrogens (tertiary/aromatic N) is 3. The van der Waals surface area contributed by atoms with Crippen LogP contribution in [0.5, 0.6) is 0 Å². The number of hydrogen-bond acceptors (Lipinski definition) is 2. The fourth-order valence-corrected chi connectivity index (χ4v) is 3.46. The van der Waals surface area contributed by atoms with Crippen LogP contribution in [0.1, 0.15) is 41.5 Å². The molecule has 5 heteroatoms. The van der Waals surface area contributed by atoms with Crippen LogP contribution in [0.25, 0.3) is 0 Å². The molecule has 122 valence electrons. The smallest absolute Gasteiger partial charge is 0.254 e. The third kappa shape index (κ3) is 3.34. The van der Waals surface area contributed by atoms with Crippen molar-refractivity contribution in [3.8, 4) is 0 Å². The number of carbonyl (C=O) groups excluding carboxylic acids is 1. The lowest BCUT2D eigenvalue weighted by Gasteiger charge is -2.40. The fraction of sp³-hybridized carbons (Fsp3) is 0.444. The molecule has 0 N–H and O–H groups in total. The number of benzene rings is 1. The Hall–Kier alpha value is -1.62. The van der Waals surface area contributed by atoms with Gasteiger partial charge in [-0.1, -0.05) is 35.8 Å². The minimum Gasteiger partial charge on any atom is -0.338 e. The highest BCUT2D eigenvalue weighted by atomic mass is 79.9. The van der Waals surface area contributed by atoms with Crippen LogP contribution in [0.4, 0.5) is 0 Å². The molecule has 0 atom stereocenters. The zero-order valence-electron chi connectivity index (χ0n) is 13.8. The normalized spacial score (nSPS) is 15.1. The van der Waals surface area contributed by atoms with Crippen LogP contribution in [0.3, 0.4) is 0 Å². The third-order valence-corrected chi connectivity index (χ3v) is 4.89. The predicted octanol–water partition coefficient (Wildman–Crippen LogP) is 3.85. The summed E-state index contributed by atoms with van der Waals surface area (Å²) < 4.78 is 3.17. The Kier molecular flexibility index (Phi) is 4.57. The second-order valence-corrected chi connectivity index (χ2v) is 7.54. The minimum atomic E-state index is 0.134. The lowest BCUT2D eigenvalue weighted by molar-refractivity contribution is 0.0466. The van der Waals surface area contributed by atoms with Crippen molar-refractivity contribution in [3.05, 3.63) is 52.0 Å². The van der Waals surface area contributed by atoms with E-state index in [-0.39, 0.29) is 5.91 Å². The largest absolute Gasteiger partial charge is 0.338 e. The van der Waals surface area contributed by atoms with Crippen molar-refractivity contribution in [2.45, 2.75) is 33.2 Å². The van der Waals surface area contributed by atoms with E-state index in [2.05, 4.69) is 39.3 Å². The number of halogens is 1. The van der Waals surface area contributed by atoms with Gasteiger partial charge in [-0.3, -0.25) is 4.79 Å². The molecular weight excluding hydrogens is 354 g/mol. The second kappa shape index (κ2) is 6.48. The number of aromatic nitrogens is 2. The molecule has 1 amide bonds. The molecule has 2 heterocycles. The SMILES string of the molecule is Cc1ccc(Br)cc1C(=O)N1CC(Cn2ccnc2C(C)C)C1. The number of imidazole rings is 1. The Morgan fingerprint density at radius 3 is 2.83 bits per heavy atom. The van der Waals surface area contributed by atoms with E-state index < -0.39 is 0 Å². The molecule has 0 bridgehead atoms. The van der Waals surface area contributed by atoms with Crippen LogP contribution in [-0.2, 0) is 6.54 Å². The van der Waals surface area contributed by atoms with Crippen LogP contribution in [0.2, 0.25) is 0 Å². The third-order valence-electron chi connectivity index (χ3n) is 4.39. The van der Waals surface area contributed by atoms with Crippen LogP contribution in [-0.4, -0.2) is 33.4 Å². The van der Waals surface area contributed by atoms with Gasteiger partial charge in [0.25, 0.3) is 5.91 Å². The van der Waals surface area contributed by atoms with Gasteiger partial charge in [0.15, 0.2) is 0 Å². The predicted molar refractivity (Wildman–Crippen MR) is 94.6 cm³/mol. The van der Waals surface area contributed by atoms with E-state index in [0.29, 0.717) is 11.8 Å². The number of rotatable bonds is 4. The Bertz CT molecular complexity index is 717. The number of likely N-dealkylation sites (tertiary alicyclic amines) is 1. The zero-order chi connectivity index (χ0) is 16.6. The molecule has 4 nitrogen and oxygen atoms in total. The van der Waals surface area contributed by atoms with Gasteiger partial charge in [0, 0.05) is 53.9 Å². The number of hydrogen-bond donors (Lipinski definition) is 0. The van der Waals surface area contributed by atoms with Gasteiger partial charge in [0.05, 0.1) is 0 Å². The summed E-state index contributed by atoms with van der Waals surface area (Å²) in [5.41, 5.74) is 1.82. The van der Waals surface area contributed by atoms with Gasteiger partial charge in [-0.25, -0.2) is 4.98 Å². The highest BCUT2D eigenvalue weighted by Crippen LogP contribution is 2.25. The summed E-state index contributed by atoms with van der Waals surface area (Å²) in [6.45, 7) is 8.88. The molecule has 1 aromatic carbocycles.